The molecule has 1 amide bonds. The van der Waals surface area contributed by atoms with Crippen molar-refractivity contribution in [1.29, 1.82) is 0 Å². The lowest BCUT2D eigenvalue weighted by atomic mass is 10.1. The van der Waals surface area contributed by atoms with E-state index >= 15 is 0 Å². The van der Waals surface area contributed by atoms with Gasteiger partial charge in [-0.2, -0.15) is 0 Å². The number of aryl methyl sites for hydroxylation is 1. The summed E-state index contributed by atoms with van der Waals surface area (Å²) in [6.45, 7) is 7.16. The van der Waals surface area contributed by atoms with Gasteiger partial charge in [0.1, 0.15) is 22.9 Å². The van der Waals surface area contributed by atoms with Crippen molar-refractivity contribution in [2.45, 2.75) is 33.3 Å². The number of anilines is 1. The number of amides is 1. The van der Waals surface area contributed by atoms with Crippen LogP contribution in [0.2, 0.25) is 0 Å². The number of carbonyl (C=O) groups is 1. The molecule has 164 valence electrons. The van der Waals surface area contributed by atoms with Gasteiger partial charge in [-0.15, -0.1) is 0 Å². The minimum absolute atomic E-state index is 0.00754. The second kappa shape index (κ2) is 7.88. The Labute approximate surface area is 185 Å². The van der Waals surface area contributed by atoms with E-state index in [2.05, 4.69) is 10.3 Å². The Morgan fingerprint density at radius 1 is 1.06 bits per heavy atom. The molecule has 2 aromatic heterocycles. The van der Waals surface area contributed by atoms with Gasteiger partial charge < -0.3 is 14.9 Å². The summed E-state index contributed by atoms with van der Waals surface area (Å²) in [6.07, 6.45) is 2.81. The fourth-order valence-corrected chi connectivity index (χ4v) is 3.35. The van der Waals surface area contributed by atoms with Crippen molar-refractivity contribution in [2.75, 3.05) is 5.32 Å². The van der Waals surface area contributed by atoms with Gasteiger partial charge in [0, 0.05) is 23.6 Å². The number of phenolic OH excluding ortho intramolecular Hbond substituents is 2. The van der Waals surface area contributed by atoms with E-state index in [0.717, 1.165) is 11.2 Å². The molecule has 8 heteroatoms. The van der Waals surface area contributed by atoms with Crippen LogP contribution in [0.5, 0.6) is 11.5 Å². The van der Waals surface area contributed by atoms with E-state index in [-0.39, 0.29) is 11.5 Å². The molecule has 2 heterocycles. The third-order valence-electron chi connectivity index (χ3n) is 4.78. The lowest BCUT2D eigenvalue weighted by Crippen LogP contribution is -2.27. The van der Waals surface area contributed by atoms with Gasteiger partial charge in [-0.25, -0.2) is 9.78 Å². The average molecular weight is 432 g/mol. The summed E-state index contributed by atoms with van der Waals surface area (Å²) in [5, 5.41) is 23.2. The number of imidazole rings is 1. The molecule has 0 radical (unpaired) electrons. The van der Waals surface area contributed by atoms with E-state index < -0.39 is 11.7 Å². The molecule has 0 fully saturated rings. The Kier molecular flexibility index (Phi) is 5.22. The first-order valence-corrected chi connectivity index (χ1v) is 10.1. The fraction of sp³-hybridized carbons (Fsp3) is 0.208. The van der Waals surface area contributed by atoms with Crippen LogP contribution in [0.3, 0.4) is 0 Å². The highest BCUT2D eigenvalue weighted by atomic mass is 16.6. The summed E-state index contributed by atoms with van der Waals surface area (Å²) >= 11 is 0. The van der Waals surface area contributed by atoms with E-state index in [1.165, 1.54) is 6.07 Å². The molecule has 2 aromatic carbocycles. The molecule has 4 rings (SSSR count). The molecule has 0 aliphatic heterocycles. The maximum Gasteiger partial charge on any atom is 0.412 e. The number of ether oxygens (including phenoxy) is 1. The zero-order chi connectivity index (χ0) is 23.0. The van der Waals surface area contributed by atoms with Gasteiger partial charge in [0.25, 0.3) is 0 Å². The van der Waals surface area contributed by atoms with Crippen LogP contribution in [0.25, 0.3) is 28.1 Å². The van der Waals surface area contributed by atoms with Crippen LogP contribution in [0.15, 0.2) is 54.9 Å². The molecule has 32 heavy (non-hydrogen) atoms. The van der Waals surface area contributed by atoms with Crippen LogP contribution in [0, 0.1) is 6.92 Å². The SMILES string of the molecule is Cc1cc(-c2nc3ccncc3n2-c2ccc(NC(=O)OC(C)(C)C)cc2)c(O)cc1O. The number of benzene rings is 2. The Morgan fingerprint density at radius 2 is 1.78 bits per heavy atom. The van der Waals surface area contributed by atoms with Crippen molar-refractivity contribution in [3.05, 3.63) is 60.4 Å². The summed E-state index contributed by atoms with van der Waals surface area (Å²) in [7, 11) is 0. The maximum atomic E-state index is 12.0. The number of pyridine rings is 1. The van der Waals surface area contributed by atoms with Crippen molar-refractivity contribution in [2.24, 2.45) is 0 Å². The monoisotopic (exact) mass is 432 g/mol. The topological polar surface area (TPSA) is 110 Å². The second-order valence-corrected chi connectivity index (χ2v) is 8.46. The Bertz CT molecular complexity index is 1300. The molecule has 0 atom stereocenters. The zero-order valence-corrected chi connectivity index (χ0v) is 18.2. The van der Waals surface area contributed by atoms with Gasteiger partial charge >= 0.3 is 6.09 Å². The average Bonchev–Trinajstić information content (AvgIpc) is 3.09. The molecule has 0 saturated carbocycles. The van der Waals surface area contributed by atoms with Crippen LogP contribution in [0.1, 0.15) is 26.3 Å². The minimum Gasteiger partial charge on any atom is -0.508 e. The van der Waals surface area contributed by atoms with Gasteiger partial charge in [0.05, 0.1) is 22.8 Å². The van der Waals surface area contributed by atoms with Gasteiger partial charge in [-0.1, -0.05) is 0 Å². The highest BCUT2D eigenvalue weighted by Crippen LogP contribution is 2.37. The molecule has 0 unspecified atom stereocenters. The Morgan fingerprint density at radius 3 is 2.47 bits per heavy atom. The van der Waals surface area contributed by atoms with Gasteiger partial charge in [-0.3, -0.25) is 14.9 Å². The van der Waals surface area contributed by atoms with Crippen LogP contribution < -0.4 is 5.32 Å². The van der Waals surface area contributed by atoms with E-state index in [1.807, 2.05) is 16.7 Å². The highest BCUT2D eigenvalue weighted by molar-refractivity contribution is 5.86. The highest BCUT2D eigenvalue weighted by Gasteiger charge is 2.19. The number of aromatic hydroxyl groups is 2. The minimum atomic E-state index is -0.591. The van der Waals surface area contributed by atoms with Crippen LogP contribution >= 0.6 is 0 Å². The number of nitrogens with one attached hydrogen (secondary N) is 1. The van der Waals surface area contributed by atoms with Crippen molar-refractivity contribution in [1.82, 2.24) is 14.5 Å². The lowest BCUT2D eigenvalue weighted by Gasteiger charge is -2.19. The number of fused-ring (bicyclic) bond motifs is 1. The molecule has 4 aromatic rings. The number of hydrogen-bond acceptors (Lipinski definition) is 6. The third-order valence-corrected chi connectivity index (χ3v) is 4.78. The van der Waals surface area contributed by atoms with Crippen molar-refractivity contribution >= 4 is 22.8 Å². The first-order chi connectivity index (χ1) is 15.1. The number of nitrogens with zero attached hydrogens (tertiary/aromatic N) is 3. The van der Waals surface area contributed by atoms with Gasteiger partial charge in [0.2, 0.25) is 0 Å². The summed E-state index contributed by atoms with van der Waals surface area (Å²) in [6, 6.07) is 12.0. The van der Waals surface area contributed by atoms with Crippen molar-refractivity contribution < 1.29 is 19.7 Å². The Hall–Kier alpha value is -4.07. The Balaban J connectivity index is 1.77. The van der Waals surface area contributed by atoms with E-state index in [9.17, 15) is 15.0 Å². The van der Waals surface area contributed by atoms with Gasteiger partial charge in [0.15, 0.2) is 0 Å². The van der Waals surface area contributed by atoms with Crippen LogP contribution in [-0.2, 0) is 4.74 Å². The molecule has 8 nitrogen and oxygen atoms in total. The lowest BCUT2D eigenvalue weighted by molar-refractivity contribution is 0.0636. The quantitative estimate of drug-likeness (QED) is 0.413. The first-order valence-electron chi connectivity index (χ1n) is 10.1. The summed E-state index contributed by atoms with van der Waals surface area (Å²) < 4.78 is 7.16. The van der Waals surface area contributed by atoms with Crippen molar-refractivity contribution in [3.8, 4) is 28.6 Å². The van der Waals surface area contributed by atoms with E-state index in [0.29, 0.717) is 28.2 Å². The molecule has 0 spiro atoms. The summed E-state index contributed by atoms with van der Waals surface area (Å²) in [5.74, 6) is 0.426. The van der Waals surface area contributed by atoms with Gasteiger partial charge in [-0.05, 0) is 69.7 Å². The number of phenols is 2. The predicted molar refractivity (Wildman–Crippen MR) is 122 cm³/mol. The molecule has 0 aliphatic rings. The van der Waals surface area contributed by atoms with Crippen LogP contribution in [-0.4, -0.2) is 36.4 Å². The fourth-order valence-electron chi connectivity index (χ4n) is 3.35. The normalized spacial score (nSPS) is 11.5. The number of hydrogen-bond donors (Lipinski definition) is 3. The number of aromatic nitrogens is 3. The standard InChI is InChI=1S/C24H24N4O4/c1-14-11-17(21(30)12-20(14)29)22-27-18-9-10-25-13-19(18)28(22)16-7-5-15(6-8-16)26-23(31)32-24(2,3)4/h5-13,29-30H,1-4H3,(H,26,31). The molecule has 0 bridgehead atoms. The maximum absolute atomic E-state index is 12.0. The number of carbonyl (C=O) groups excluding carboxylic acids is 1. The van der Waals surface area contributed by atoms with Crippen molar-refractivity contribution in [3.63, 3.8) is 0 Å². The summed E-state index contributed by atoms with van der Waals surface area (Å²) in [5.41, 5.74) is 3.30. The predicted octanol–water partition coefficient (Wildman–Crippen LogP) is 5.15. The third kappa shape index (κ3) is 4.20. The van der Waals surface area contributed by atoms with Crippen LogP contribution in [0.4, 0.5) is 10.5 Å². The summed E-state index contributed by atoms with van der Waals surface area (Å²) in [4.78, 5) is 21.0. The zero-order valence-electron chi connectivity index (χ0n) is 18.2. The molecule has 0 aliphatic carbocycles. The first kappa shape index (κ1) is 21.2. The number of rotatable bonds is 3. The van der Waals surface area contributed by atoms with E-state index in [1.54, 1.807) is 64.4 Å². The molecular formula is C24H24N4O4. The smallest absolute Gasteiger partial charge is 0.412 e. The van der Waals surface area contributed by atoms with E-state index in [4.69, 9.17) is 9.72 Å². The molecular weight excluding hydrogens is 408 g/mol. The molecule has 0 saturated heterocycles. The second-order valence-electron chi connectivity index (χ2n) is 8.46. The molecule has 3 N–H and O–H groups in total. The largest absolute Gasteiger partial charge is 0.508 e.